The van der Waals surface area contributed by atoms with Crippen molar-refractivity contribution in [2.45, 2.75) is 75.7 Å². The van der Waals surface area contributed by atoms with Gasteiger partial charge in [-0.25, -0.2) is 9.97 Å². The molecule has 3 atom stereocenters. The summed E-state index contributed by atoms with van der Waals surface area (Å²) in [6, 6.07) is 9.36. The maximum atomic E-state index is 12.8. The highest BCUT2D eigenvalue weighted by atomic mass is 16.5. The molecule has 3 aliphatic rings. The van der Waals surface area contributed by atoms with Gasteiger partial charge in [-0.2, -0.15) is 5.26 Å². The van der Waals surface area contributed by atoms with Crippen LogP contribution in [0.3, 0.4) is 0 Å². The van der Waals surface area contributed by atoms with Gasteiger partial charge in [0.25, 0.3) is 5.56 Å². The summed E-state index contributed by atoms with van der Waals surface area (Å²) in [7, 11) is 0. The van der Waals surface area contributed by atoms with E-state index in [-0.39, 0.29) is 18.1 Å². The fourth-order valence-electron chi connectivity index (χ4n) is 6.79. The van der Waals surface area contributed by atoms with Gasteiger partial charge in [-0.1, -0.05) is 6.07 Å². The monoisotopic (exact) mass is 600 g/mol. The Kier molecular flexibility index (Phi) is 8.89. The van der Waals surface area contributed by atoms with E-state index < -0.39 is 6.10 Å². The Morgan fingerprint density at radius 3 is 2.52 bits per heavy atom. The molecular weight excluding hydrogens is 562 g/mol. The zero-order chi connectivity index (χ0) is 30.6. The molecule has 14 nitrogen and oxygen atoms in total. The van der Waals surface area contributed by atoms with Crippen LogP contribution in [0.25, 0.3) is 16.7 Å². The van der Waals surface area contributed by atoms with Crippen molar-refractivity contribution in [3.63, 3.8) is 0 Å². The number of morpholine rings is 1. The highest BCUT2D eigenvalue weighted by Gasteiger charge is 2.42. The molecule has 4 heterocycles. The summed E-state index contributed by atoms with van der Waals surface area (Å²) in [4.78, 5) is 24.4. The van der Waals surface area contributed by atoms with Crippen LogP contribution in [0.4, 0.5) is 11.6 Å². The molecule has 2 saturated heterocycles. The third-order valence-corrected chi connectivity index (χ3v) is 8.92. The van der Waals surface area contributed by atoms with Crippen LogP contribution in [0, 0.1) is 16.7 Å². The number of ether oxygens (including phenoxy) is 2. The Hall–Kier alpha value is -4.29. The number of rotatable bonds is 11. The molecule has 14 heteroatoms. The third-order valence-electron chi connectivity index (χ3n) is 8.92. The van der Waals surface area contributed by atoms with Gasteiger partial charge in [-0.05, 0) is 63.1 Å². The van der Waals surface area contributed by atoms with E-state index in [1.54, 1.807) is 37.5 Å². The molecule has 0 unspecified atom stereocenters. The lowest BCUT2D eigenvalue weighted by Crippen LogP contribution is -2.52. The van der Waals surface area contributed by atoms with E-state index in [1.807, 2.05) is 10.9 Å². The van der Waals surface area contributed by atoms with Gasteiger partial charge in [0.15, 0.2) is 0 Å². The summed E-state index contributed by atoms with van der Waals surface area (Å²) < 4.78 is 13.7. The first-order valence-electron chi connectivity index (χ1n) is 15.1. The van der Waals surface area contributed by atoms with E-state index in [2.05, 4.69) is 36.9 Å². The van der Waals surface area contributed by atoms with Gasteiger partial charge in [0.1, 0.15) is 23.6 Å². The Balaban J connectivity index is 1.08. The molecule has 232 valence electrons. The maximum Gasteiger partial charge on any atom is 0.287 e. The fourth-order valence-corrected chi connectivity index (χ4v) is 6.79. The van der Waals surface area contributed by atoms with Crippen molar-refractivity contribution in [3.8, 4) is 22.9 Å². The molecule has 1 saturated carbocycles. The minimum Gasteiger partial charge on any atom is -0.506 e. The third kappa shape index (κ3) is 6.31. The van der Waals surface area contributed by atoms with Crippen LogP contribution < -0.4 is 21.5 Å². The Bertz CT molecular complexity index is 1520. The molecular formula is C30H38N11O3-. The molecule has 3 aromatic rings. The zero-order valence-corrected chi connectivity index (χ0v) is 24.7. The highest BCUT2D eigenvalue weighted by molar-refractivity contribution is 5.66. The van der Waals surface area contributed by atoms with Crippen molar-refractivity contribution < 1.29 is 9.47 Å². The number of hydrogen-bond acceptors (Lipinski definition) is 10. The number of nitrogens with one attached hydrogen (secondary N) is 3. The van der Waals surface area contributed by atoms with Gasteiger partial charge in [0.05, 0.1) is 37.4 Å². The largest absolute Gasteiger partial charge is 0.506 e. The zero-order valence-electron chi connectivity index (χ0n) is 24.7. The number of H-pyrrole nitrogens is 1. The SMILES string of the molecule is C[C@@H](CN(C=N)[N-]N)Oc1cc(-c2cnc(Nc3cn(C4CCC(N5[C@@H]6CC[C@H]5COC6)CC4)[nH]c3=O)nc2)ccc1C#N. The Morgan fingerprint density at radius 2 is 1.86 bits per heavy atom. The van der Waals surface area contributed by atoms with Crippen LogP contribution >= 0.6 is 0 Å². The van der Waals surface area contributed by atoms with Gasteiger partial charge < -0.3 is 31.2 Å². The lowest BCUT2D eigenvalue weighted by Gasteiger charge is -2.43. The van der Waals surface area contributed by atoms with E-state index in [4.69, 9.17) is 20.7 Å². The van der Waals surface area contributed by atoms with Gasteiger partial charge in [0, 0.05) is 42.6 Å². The predicted molar refractivity (Wildman–Crippen MR) is 164 cm³/mol. The molecule has 0 spiro atoms. The predicted octanol–water partition coefficient (Wildman–Crippen LogP) is 3.43. The summed E-state index contributed by atoms with van der Waals surface area (Å²) in [6.07, 6.45) is 12.5. The van der Waals surface area contributed by atoms with Crippen molar-refractivity contribution in [3.05, 3.63) is 58.2 Å². The Labute approximate surface area is 255 Å². The van der Waals surface area contributed by atoms with E-state index in [9.17, 15) is 10.1 Å². The van der Waals surface area contributed by atoms with Crippen LogP contribution in [-0.4, -0.2) is 80.0 Å². The highest BCUT2D eigenvalue weighted by Crippen LogP contribution is 2.38. The lowest BCUT2D eigenvalue weighted by atomic mass is 9.89. The van der Waals surface area contributed by atoms with Crippen LogP contribution in [0.1, 0.15) is 57.1 Å². The quantitative estimate of drug-likeness (QED) is 0.110. The van der Waals surface area contributed by atoms with Gasteiger partial charge in [0.2, 0.25) is 5.95 Å². The minimum atomic E-state index is -0.394. The molecule has 0 radical (unpaired) electrons. The second-order valence-electron chi connectivity index (χ2n) is 11.8. The van der Waals surface area contributed by atoms with E-state index >= 15 is 0 Å². The molecule has 2 aromatic heterocycles. The summed E-state index contributed by atoms with van der Waals surface area (Å²) in [5, 5.41) is 24.2. The van der Waals surface area contributed by atoms with Gasteiger partial charge in [-0.3, -0.25) is 24.9 Å². The van der Waals surface area contributed by atoms with Crippen LogP contribution in [0.5, 0.6) is 5.75 Å². The second-order valence-corrected chi connectivity index (χ2v) is 11.8. The maximum absolute atomic E-state index is 12.8. The number of aromatic amines is 1. The number of hydrogen-bond donors (Lipinski definition) is 4. The van der Waals surface area contributed by atoms with Crippen molar-refractivity contribution in [1.29, 1.82) is 10.7 Å². The summed E-state index contributed by atoms with van der Waals surface area (Å²) in [5.74, 6) is 5.97. The van der Waals surface area contributed by atoms with E-state index in [0.29, 0.717) is 46.6 Å². The standard InChI is InChI=1S/C30H38N11O3/c1-19(14-39(18-32)38-33)44-28-10-20(2-3-21(28)11-31)22-12-34-30(35-13-22)36-27-15-40(37-29(27)42)23-4-6-24(7-5-23)41-25-8-9-26(41)17-43-16-25/h2-3,10,12-13,15,18-19,23-26,32H,4-9,14,16-17,33H2,1H3,(H,37,42)(H,34,35,36)/q-1/t19-,23?,24?,25-,26+/m0/s1. The molecule has 1 aromatic carbocycles. The first kappa shape index (κ1) is 29.8. The first-order chi connectivity index (χ1) is 21.4. The molecule has 3 fully saturated rings. The lowest BCUT2D eigenvalue weighted by molar-refractivity contribution is -0.0458. The number of aromatic nitrogens is 4. The minimum absolute atomic E-state index is 0.210. The average Bonchev–Trinajstić information content (AvgIpc) is 3.54. The van der Waals surface area contributed by atoms with E-state index in [1.165, 1.54) is 17.9 Å². The molecule has 0 amide bonds. The number of nitrogens with zero attached hydrogens (tertiary/aromatic N) is 7. The number of nitriles is 1. The fraction of sp³-hybridized carbons (Fsp3) is 0.500. The molecule has 44 heavy (non-hydrogen) atoms. The average molecular weight is 601 g/mol. The molecule has 2 bridgehead atoms. The number of nitrogens with two attached hydrogens (primary N) is 1. The summed E-state index contributed by atoms with van der Waals surface area (Å²) in [6.45, 7) is 3.77. The smallest absolute Gasteiger partial charge is 0.287 e. The summed E-state index contributed by atoms with van der Waals surface area (Å²) in [5.41, 5.74) is 5.52. The van der Waals surface area contributed by atoms with Gasteiger partial charge >= 0.3 is 0 Å². The molecule has 1 aliphatic carbocycles. The van der Waals surface area contributed by atoms with Crippen molar-refractivity contribution >= 4 is 18.0 Å². The van der Waals surface area contributed by atoms with E-state index in [0.717, 1.165) is 50.8 Å². The molecule has 5 N–H and O–H groups in total. The van der Waals surface area contributed by atoms with Crippen LogP contribution in [0.15, 0.2) is 41.6 Å². The number of fused-ring (bicyclic) bond motifs is 2. The summed E-state index contributed by atoms with van der Waals surface area (Å²) >= 11 is 0. The second kappa shape index (κ2) is 13.1. The number of anilines is 2. The normalized spacial score (nSPS) is 23.9. The van der Waals surface area contributed by atoms with Gasteiger partial charge in [-0.15, -0.1) is 0 Å². The Morgan fingerprint density at radius 1 is 1.18 bits per heavy atom. The topological polar surface area (TPSA) is 188 Å². The number of benzene rings is 1. The van der Waals surface area contributed by atoms with Crippen molar-refractivity contribution in [2.75, 3.05) is 25.1 Å². The van der Waals surface area contributed by atoms with Crippen LogP contribution in [-0.2, 0) is 4.74 Å². The molecule has 2 aliphatic heterocycles. The van der Waals surface area contributed by atoms with Crippen LogP contribution in [0.2, 0.25) is 0 Å². The molecule has 6 rings (SSSR count). The van der Waals surface area contributed by atoms with Crippen molar-refractivity contribution in [1.82, 2.24) is 29.7 Å². The van der Waals surface area contributed by atoms with Crippen molar-refractivity contribution in [2.24, 2.45) is 5.84 Å². The first-order valence-corrected chi connectivity index (χ1v) is 15.1.